The molecular formula is C16H34OS. The third kappa shape index (κ3) is 7.68. The van der Waals surface area contributed by atoms with Crippen LogP contribution in [0.2, 0.25) is 0 Å². The van der Waals surface area contributed by atoms with Crippen LogP contribution < -0.4 is 0 Å². The summed E-state index contributed by atoms with van der Waals surface area (Å²) in [5, 5.41) is 0.895. The van der Waals surface area contributed by atoms with E-state index < -0.39 is 11.2 Å². The lowest BCUT2D eigenvalue weighted by atomic mass is 10.1. The van der Waals surface area contributed by atoms with Gasteiger partial charge in [-0.15, -0.1) is 0 Å². The predicted molar refractivity (Wildman–Crippen MR) is 84.6 cm³/mol. The molecule has 0 fully saturated rings. The molecule has 2 unspecified atom stereocenters. The Kier molecular flexibility index (Phi) is 12.6. The first-order valence-electron chi connectivity index (χ1n) is 8.10. The van der Waals surface area contributed by atoms with Crippen LogP contribution in [0.1, 0.15) is 91.9 Å². The van der Waals surface area contributed by atoms with Crippen LogP contribution in [0, 0.1) is 0 Å². The summed E-state index contributed by atoms with van der Waals surface area (Å²) < 4.78 is 12.6. The maximum Gasteiger partial charge on any atom is 0.115 e. The molecule has 0 heterocycles. The highest BCUT2D eigenvalue weighted by Gasteiger charge is 2.27. The Hall–Kier alpha value is 0.310. The van der Waals surface area contributed by atoms with Gasteiger partial charge in [0.2, 0.25) is 0 Å². The molecule has 0 radical (unpaired) electrons. The fraction of sp³-hybridized carbons (Fsp3) is 1.00. The summed E-state index contributed by atoms with van der Waals surface area (Å²) >= 11 is -0.603. The van der Waals surface area contributed by atoms with Crippen molar-refractivity contribution in [1.82, 2.24) is 0 Å². The van der Waals surface area contributed by atoms with Gasteiger partial charge in [0.25, 0.3) is 0 Å². The number of hydrogen-bond donors (Lipinski definition) is 0. The van der Waals surface area contributed by atoms with Gasteiger partial charge in [-0.3, -0.25) is 0 Å². The quantitative estimate of drug-likeness (QED) is 0.342. The minimum Gasteiger partial charge on any atom is -0.616 e. The highest BCUT2D eigenvalue weighted by Crippen LogP contribution is 2.24. The first-order chi connectivity index (χ1) is 8.71. The molecule has 2 heteroatoms. The second-order valence-electron chi connectivity index (χ2n) is 5.38. The highest BCUT2D eigenvalue weighted by atomic mass is 32.2. The van der Waals surface area contributed by atoms with E-state index in [1.165, 1.54) is 51.4 Å². The van der Waals surface area contributed by atoms with Gasteiger partial charge in [-0.05, 0) is 49.7 Å². The molecule has 0 aromatic carbocycles. The molecular weight excluding hydrogens is 240 g/mol. The lowest BCUT2D eigenvalue weighted by Crippen LogP contribution is -2.31. The molecule has 0 aliphatic heterocycles. The van der Waals surface area contributed by atoms with Crippen LogP contribution in [0.5, 0.6) is 0 Å². The molecule has 1 nitrogen and oxygen atoms in total. The predicted octanol–water partition coefficient (Wildman–Crippen LogP) is 5.45. The van der Waals surface area contributed by atoms with Crippen LogP contribution >= 0.6 is 0 Å². The van der Waals surface area contributed by atoms with Gasteiger partial charge in [0, 0.05) is 0 Å². The average Bonchev–Trinajstić information content (AvgIpc) is 2.39. The molecule has 0 rings (SSSR count). The number of rotatable bonds is 12. The van der Waals surface area contributed by atoms with Gasteiger partial charge in [0.1, 0.15) is 10.5 Å². The van der Waals surface area contributed by atoms with Gasteiger partial charge in [0.15, 0.2) is 0 Å². The molecule has 0 saturated carbocycles. The van der Waals surface area contributed by atoms with Gasteiger partial charge in [0.05, 0.1) is 0 Å². The second kappa shape index (κ2) is 12.3. The highest BCUT2D eigenvalue weighted by molar-refractivity contribution is 7.92. The van der Waals surface area contributed by atoms with E-state index in [2.05, 4.69) is 27.7 Å². The lowest BCUT2D eigenvalue weighted by molar-refractivity contribution is 0.520. The van der Waals surface area contributed by atoms with Crippen LogP contribution in [0.3, 0.4) is 0 Å². The van der Waals surface area contributed by atoms with Crippen molar-refractivity contribution in [2.75, 3.05) is 0 Å². The zero-order valence-corrected chi connectivity index (χ0v) is 13.9. The summed E-state index contributed by atoms with van der Waals surface area (Å²) in [7, 11) is 0. The van der Waals surface area contributed by atoms with Gasteiger partial charge in [-0.25, -0.2) is 0 Å². The Balaban J connectivity index is 4.11. The summed E-state index contributed by atoms with van der Waals surface area (Å²) in [5.41, 5.74) is 0. The molecule has 0 aromatic rings. The Morgan fingerprint density at radius 2 is 1.11 bits per heavy atom. The molecule has 0 bridgehead atoms. The van der Waals surface area contributed by atoms with Gasteiger partial charge >= 0.3 is 0 Å². The van der Waals surface area contributed by atoms with Crippen molar-refractivity contribution >= 4 is 11.2 Å². The fourth-order valence-corrected chi connectivity index (χ4v) is 4.48. The van der Waals surface area contributed by atoms with E-state index in [1.54, 1.807) is 0 Å². The van der Waals surface area contributed by atoms with E-state index in [1.807, 2.05) is 0 Å². The van der Waals surface area contributed by atoms with E-state index in [9.17, 15) is 4.55 Å². The van der Waals surface area contributed by atoms with Crippen molar-refractivity contribution < 1.29 is 4.55 Å². The lowest BCUT2D eigenvalue weighted by Gasteiger charge is -2.27. The molecule has 0 aromatic heterocycles. The SMILES string of the molecule is CCCCCC(CC)[S+]([O-])C(CC)CCCCC. The van der Waals surface area contributed by atoms with Crippen LogP contribution in [-0.2, 0) is 11.2 Å². The molecule has 0 amide bonds. The van der Waals surface area contributed by atoms with Crippen LogP contribution in [-0.4, -0.2) is 15.1 Å². The topological polar surface area (TPSA) is 23.1 Å². The molecule has 18 heavy (non-hydrogen) atoms. The van der Waals surface area contributed by atoms with E-state index in [4.69, 9.17) is 0 Å². The van der Waals surface area contributed by atoms with E-state index in [-0.39, 0.29) is 0 Å². The Morgan fingerprint density at radius 1 is 0.722 bits per heavy atom. The smallest absolute Gasteiger partial charge is 0.115 e. The summed E-state index contributed by atoms with van der Waals surface area (Å²) in [5.74, 6) is 0. The molecule has 0 saturated heterocycles. The van der Waals surface area contributed by atoms with Crippen LogP contribution in [0.4, 0.5) is 0 Å². The number of unbranched alkanes of at least 4 members (excludes halogenated alkanes) is 4. The second-order valence-corrected chi connectivity index (χ2v) is 7.37. The summed E-state index contributed by atoms with van der Waals surface area (Å²) in [4.78, 5) is 0. The van der Waals surface area contributed by atoms with Crippen molar-refractivity contribution in [3.05, 3.63) is 0 Å². The maximum atomic E-state index is 12.6. The average molecular weight is 275 g/mol. The maximum absolute atomic E-state index is 12.6. The van der Waals surface area contributed by atoms with Crippen LogP contribution in [0.15, 0.2) is 0 Å². The van der Waals surface area contributed by atoms with Crippen LogP contribution in [0.25, 0.3) is 0 Å². The molecule has 0 N–H and O–H groups in total. The Labute approximate surface area is 118 Å². The van der Waals surface area contributed by atoms with Crippen molar-refractivity contribution in [2.24, 2.45) is 0 Å². The minimum absolute atomic E-state index is 0.447. The molecule has 110 valence electrons. The largest absolute Gasteiger partial charge is 0.616 e. The molecule has 0 aliphatic carbocycles. The molecule has 2 atom stereocenters. The van der Waals surface area contributed by atoms with Gasteiger partial charge in [-0.2, -0.15) is 0 Å². The normalized spacial score (nSPS) is 16.5. The van der Waals surface area contributed by atoms with Gasteiger partial charge in [-0.1, -0.05) is 53.4 Å². The molecule has 0 aliphatic rings. The standard InChI is InChI=1S/C16H34OS/c1-5-9-11-13-15(7-3)18(17)16(8-4)14-12-10-6-2/h15-16H,5-14H2,1-4H3. The number of hydrogen-bond acceptors (Lipinski definition) is 1. The van der Waals surface area contributed by atoms with Gasteiger partial charge < -0.3 is 4.55 Å². The first kappa shape index (κ1) is 18.3. The zero-order valence-electron chi connectivity index (χ0n) is 13.0. The fourth-order valence-electron chi connectivity index (χ4n) is 2.49. The van der Waals surface area contributed by atoms with Crippen molar-refractivity contribution in [3.8, 4) is 0 Å². The Bertz CT molecular complexity index is 154. The summed E-state index contributed by atoms with van der Waals surface area (Å²) in [6.45, 7) is 8.87. The van der Waals surface area contributed by atoms with E-state index >= 15 is 0 Å². The van der Waals surface area contributed by atoms with Crippen molar-refractivity contribution in [3.63, 3.8) is 0 Å². The molecule has 0 spiro atoms. The minimum atomic E-state index is -0.603. The summed E-state index contributed by atoms with van der Waals surface area (Å²) in [6.07, 6.45) is 12.1. The van der Waals surface area contributed by atoms with Crippen molar-refractivity contribution in [1.29, 1.82) is 0 Å². The van der Waals surface area contributed by atoms with Crippen molar-refractivity contribution in [2.45, 2.75) is 102 Å². The first-order valence-corrected chi connectivity index (χ1v) is 9.38. The Morgan fingerprint density at radius 3 is 1.39 bits per heavy atom. The third-order valence-electron chi connectivity index (χ3n) is 3.83. The summed E-state index contributed by atoms with van der Waals surface area (Å²) in [6, 6.07) is 0. The van der Waals surface area contributed by atoms with E-state index in [0.29, 0.717) is 10.5 Å². The van der Waals surface area contributed by atoms with E-state index in [0.717, 1.165) is 12.8 Å². The third-order valence-corrected chi connectivity index (χ3v) is 6.28. The monoisotopic (exact) mass is 274 g/mol. The zero-order chi connectivity index (χ0) is 13.8.